The fraction of sp³-hybridized carbons (Fsp3) is 0.250. The van der Waals surface area contributed by atoms with E-state index in [1.807, 2.05) is 0 Å². The van der Waals surface area contributed by atoms with Gasteiger partial charge >= 0.3 is 17.9 Å². The van der Waals surface area contributed by atoms with E-state index in [9.17, 15) is 14.4 Å². The average Bonchev–Trinajstić information content (AvgIpc) is 2.37. The van der Waals surface area contributed by atoms with Gasteiger partial charge in [-0.3, -0.25) is 4.79 Å². The minimum absolute atomic E-state index is 0.0777. The Hall–Kier alpha value is -2.41. The highest BCUT2D eigenvalue weighted by Crippen LogP contribution is 2.10. The van der Waals surface area contributed by atoms with E-state index in [1.165, 1.54) is 31.2 Å². The van der Waals surface area contributed by atoms with Crippen LogP contribution in [0.3, 0.4) is 0 Å². The van der Waals surface area contributed by atoms with Crippen molar-refractivity contribution in [3.63, 3.8) is 0 Å². The van der Waals surface area contributed by atoms with Gasteiger partial charge in [-0.2, -0.15) is 0 Å². The molecule has 0 amide bonds. The molecule has 19 heavy (non-hydrogen) atoms. The number of ether oxygens (including phenoxy) is 3. The number of hydrogen-bond acceptors (Lipinski definition) is 6. The second-order valence-electron chi connectivity index (χ2n) is 3.36. The molecule has 7 nitrogen and oxygen atoms in total. The molecular weight excluding hydrogens is 256 g/mol. The largest absolute Gasteiger partial charge is 0.478 e. The fourth-order valence-corrected chi connectivity index (χ4v) is 1.18. The lowest BCUT2D eigenvalue weighted by Gasteiger charge is -2.07. The first-order valence-electron chi connectivity index (χ1n) is 5.23. The van der Waals surface area contributed by atoms with Crippen LogP contribution in [0.4, 0.5) is 0 Å². The molecule has 0 aromatic heterocycles. The minimum Gasteiger partial charge on any atom is -0.478 e. The molecule has 0 bridgehead atoms. The maximum atomic E-state index is 11.6. The summed E-state index contributed by atoms with van der Waals surface area (Å²) >= 11 is 0. The van der Waals surface area contributed by atoms with Crippen LogP contribution in [0.1, 0.15) is 27.6 Å². The summed E-state index contributed by atoms with van der Waals surface area (Å²) in [5.41, 5.74) is -0.237. The Balaban J connectivity index is 2.50. The molecule has 102 valence electrons. The summed E-state index contributed by atoms with van der Waals surface area (Å²) in [6.45, 7) is 0.418. The summed E-state index contributed by atoms with van der Waals surface area (Å²) in [4.78, 5) is 32.9. The van der Waals surface area contributed by atoms with Crippen molar-refractivity contribution in [2.24, 2.45) is 0 Å². The Kier molecular flexibility index (Phi) is 5.49. The van der Waals surface area contributed by atoms with Crippen LogP contribution in [-0.2, 0) is 19.0 Å². The minimum atomic E-state index is -1.23. The molecule has 0 saturated heterocycles. The maximum absolute atomic E-state index is 11.6. The molecule has 0 spiro atoms. The van der Waals surface area contributed by atoms with Crippen LogP contribution in [0.15, 0.2) is 24.3 Å². The molecule has 0 saturated carbocycles. The Labute approximate surface area is 108 Å². The molecule has 0 aliphatic rings. The molecule has 1 aromatic rings. The molecule has 0 fully saturated rings. The highest BCUT2D eigenvalue weighted by atomic mass is 16.7. The van der Waals surface area contributed by atoms with Gasteiger partial charge in [0.15, 0.2) is 13.6 Å². The summed E-state index contributed by atoms with van der Waals surface area (Å²) in [5, 5.41) is 8.89. The third-order valence-electron chi connectivity index (χ3n) is 2.00. The molecule has 0 heterocycles. The van der Waals surface area contributed by atoms with Gasteiger partial charge < -0.3 is 19.3 Å². The van der Waals surface area contributed by atoms with Gasteiger partial charge in [-0.15, -0.1) is 0 Å². The molecule has 1 rings (SSSR count). The predicted octanol–water partition coefficient (Wildman–Crippen LogP) is 1.04. The number of aromatic carboxylic acids is 1. The van der Waals surface area contributed by atoms with Crippen LogP contribution in [0.25, 0.3) is 0 Å². The van der Waals surface area contributed by atoms with Crippen LogP contribution in [0, 0.1) is 0 Å². The van der Waals surface area contributed by atoms with Gasteiger partial charge in [0.1, 0.15) is 0 Å². The molecular formula is C12H12O7. The number of carbonyl (C=O) groups excluding carboxylic acids is 2. The second-order valence-corrected chi connectivity index (χ2v) is 3.36. The van der Waals surface area contributed by atoms with Crippen molar-refractivity contribution < 1.29 is 33.7 Å². The highest BCUT2D eigenvalue weighted by molar-refractivity contribution is 6.02. The van der Waals surface area contributed by atoms with Gasteiger partial charge in [0.2, 0.25) is 0 Å². The van der Waals surface area contributed by atoms with E-state index >= 15 is 0 Å². The molecule has 0 unspecified atom stereocenters. The second kappa shape index (κ2) is 7.12. The summed E-state index contributed by atoms with van der Waals surface area (Å²) in [5.74, 6) is -2.59. The van der Waals surface area contributed by atoms with Crippen molar-refractivity contribution in [3.8, 4) is 0 Å². The van der Waals surface area contributed by atoms with Gasteiger partial charge in [-0.05, 0) is 12.1 Å². The number of esters is 2. The molecule has 1 aromatic carbocycles. The van der Waals surface area contributed by atoms with E-state index in [0.717, 1.165) is 0 Å². The van der Waals surface area contributed by atoms with E-state index < -0.39 is 24.7 Å². The topological polar surface area (TPSA) is 99.1 Å². The SMILES string of the molecule is CC(=O)OCOCOC(=O)c1ccccc1C(=O)O. The van der Waals surface area contributed by atoms with Crippen molar-refractivity contribution in [1.82, 2.24) is 0 Å². The van der Waals surface area contributed by atoms with Crippen molar-refractivity contribution in [1.29, 1.82) is 0 Å². The predicted molar refractivity (Wildman–Crippen MR) is 61.4 cm³/mol. The highest BCUT2D eigenvalue weighted by Gasteiger charge is 2.16. The lowest BCUT2D eigenvalue weighted by atomic mass is 10.1. The fourth-order valence-electron chi connectivity index (χ4n) is 1.18. The normalized spacial score (nSPS) is 9.74. The summed E-state index contributed by atoms with van der Waals surface area (Å²) < 4.78 is 13.8. The van der Waals surface area contributed by atoms with Crippen molar-refractivity contribution in [2.75, 3.05) is 13.6 Å². The van der Waals surface area contributed by atoms with Crippen LogP contribution in [0.2, 0.25) is 0 Å². The van der Waals surface area contributed by atoms with Gasteiger partial charge in [0, 0.05) is 6.92 Å². The van der Waals surface area contributed by atoms with Crippen LogP contribution in [0.5, 0.6) is 0 Å². The Morgan fingerprint density at radius 3 is 2.21 bits per heavy atom. The Morgan fingerprint density at radius 2 is 1.63 bits per heavy atom. The van der Waals surface area contributed by atoms with Crippen LogP contribution in [-0.4, -0.2) is 36.6 Å². The lowest BCUT2D eigenvalue weighted by molar-refractivity contribution is -0.161. The molecule has 0 aliphatic heterocycles. The average molecular weight is 268 g/mol. The van der Waals surface area contributed by atoms with E-state index in [0.29, 0.717) is 0 Å². The summed E-state index contributed by atoms with van der Waals surface area (Å²) in [6, 6.07) is 5.64. The third-order valence-corrected chi connectivity index (χ3v) is 2.00. The monoisotopic (exact) mass is 268 g/mol. The molecule has 7 heteroatoms. The first-order valence-corrected chi connectivity index (χ1v) is 5.23. The van der Waals surface area contributed by atoms with Crippen molar-refractivity contribution in [2.45, 2.75) is 6.92 Å². The zero-order chi connectivity index (χ0) is 14.3. The van der Waals surface area contributed by atoms with Crippen molar-refractivity contribution in [3.05, 3.63) is 35.4 Å². The number of benzene rings is 1. The number of hydrogen-bond donors (Lipinski definition) is 1. The zero-order valence-corrected chi connectivity index (χ0v) is 10.1. The Bertz CT molecular complexity index is 481. The first-order chi connectivity index (χ1) is 9.02. The van der Waals surface area contributed by atoms with E-state index in [1.54, 1.807) is 0 Å². The quantitative estimate of drug-likeness (QED) is 0.467. The van der Waals surface area contributed by atoms with E-state index in [4.69, 9.17) is 9.84 Å². The molecule has 0 atom stereocenters. The smallest absolute Gasteiger partial charge is 0.341 e. The zero-order valence-electron chi connectivity index (χ0n) is 10.1. The van der Waals surface area contributed by atoms with Gasteiger partial charge in [0.25, 0.3) is 0 Å². The van der Waals surface area contributed by atoms with Crippen molar-refractivity contribution >= 4 is 17.9 Å². The molecule has 0 aliphatic carbocycles. The first kappa shape index (κ1) is 14.7. The summed E-state index contributed by atoms with van der Waals surface area (Å²) in [6.07, 6.45) is 0. The standard InChI is InChI=1S/C12H12O7/c1-8(13)18-6-17-7-19-12(16)10-5-3-2-4-9(10)11(14)15/h2-5H,6-7H2,1H3,(H,14,15). The van der Waals surface area contributed by atoms with E-state index in [2.05, 4.69) is 9.47 Å². The number of carboxylic acid groups (broad SMARTS) is 1. The molecule has 1 N–H and O–H groups in total. The summed E-state index contributed by atoms with van der Waals surface area (Å²) in [7, 11) is 0. The van der Waals surface area contributed by atoms with Crippen LogP contribution < -0.4 is 0 Å². The van der Waals surface area contributed by atoms with Gasteiger partial charge in [-0.25, -0.2) is 9.59 Å². The van der Waals surface area contributed by atoms with E-state index in [-0.39, 0.29) is 17.9 Å². The number of carbonyl (C=O) groups is 3. The Morgan fingerprint density at radius 1 is 1.05 bits per heavy atom. The van der Waals surface area contributed by atoms with Gasteiger partial charge in [0.05, 0.1) is 11.1 Å². The molecule has 0 radical (unpaired) electrons. The van der Waals surface area contributed by atoms with Crippen LogP contribution >= 0.6 is 0 Å². The number of rotatable bonds is 6. The van der Waals surface area contributed by atoms with Gasteiger partial charge in [-0.1, -0.05) is 12.1 Å². The number of carboxylic acids is 1. The maximum Gasteiger partial charge on any atom is 0.341 e. The lowest BCUT2D eigenvalue weighted by Crippen LogP contribution is -2.14. The third kappa shape index (κ3) is 4.76.